The van der Waals surface area contributed by atoms with Gasteiger partial charge in [0.2, 0.25) is 0 Å². The van der Waals surface area contributed by atoms with Crippen LogP contribution in [0.25, 0.3) is 11.0 Å². The molecule has 0 amide bonds. The summed E-state index contributed by atoms with van der Waals surface area (Å²) in [4.78, 5) is 11.7. The van der Waals surface area contributed by atoms with Gasteiger partial charge >= 0.3 is 0 Å². The summed E-state index contributed by atoms with van der Waals surface area (Å²) in [6, 6.07) is 3.46. The second kappa shape index (κ2) is 5.96. The summed E-state index contributed by atoms with van der Waals surface area (Å²) in [7, 11) is 1.58. The van der Waals surface area contributed by atoms with Crippen molar-refractivity contribution in [3.8, 4) is 5.75 Å². The number of fused-ring (bicyclic) bond motifs is 1. The average Bonchev–Trinajstić information content (AvgIpc) is 3.00. The standard InChI is InChI=1S/C16H18N6O/c1-3-9-7-19-15-14(9)16(21-8-20-15)22-12-4-10(6-17)11(18)5-13(12)23-2/h4-8,17H,3,18H2,1-2H3,(H2,19,20,21,22). The number of methoxy groups -OCH3 is 1. The maximum absolute atomic E-state index is 7.45. The first-order chi connectivity index (χ1) is 11.2. The van der Waals surface area contributed by atoms with Crippen LogP contribution in [0, 0.1) is 5.41 Å². The van der Waals surface area contributed by atoms with Crippen LogP contribution in [0.15, 0.2) is 24.7 Å². The van der Waals surface area contributed by atoms with E-state index in [1.54, 1.807) is 19.2 Å². The first-order valence-corrected chi connectivity index (χ1v) is 7.23. The number of aromatic amines is 1. The monoisotopic (exact) mass is 310 g/mol. The number of hydrogen-bond donors (Lipinski definition) is 4. The summed E-state index contributed by atoms with van der Waals surface area (Å²) in [5, 5.41) is 11.7. The second-order valence-electron chi connectivity index (χ2n) is 5.06. The highest BCUT2D eigenvalue weighted by molar-refractivity contribution is 5.94. The zero-order valence-corrected chi connectivity index (χ0v) is 13.0. The van der Waals surface area contributed by atoms with Crippen molar-refractivity contribution in [1.82, 2.24) is 15.0 Å². The Morgan fingerprint density at radius 3 is 2.91 bits per heavy atom. The normalized spacial score (nSPS) is 10.7. The lowest BCUT2D eigenvalue weighted by atomic mass is 10.1. The summed E-state index contributed by atoms with van der Waals surface area (Å²) >= 11 is 0. The highest BCUT2D eigenvalue weighted by atomic mass is 16.5. The van der Waals surface area contributed by atoms with Crippen molar-refractivity contribution in [3.63, 3.8) is 0 Å². The molecule has 3 aromatic rings. The predicted molar refractivity (Wildman–Crippen MR) is 91.8 cm³/mol. The number of anilines is 3. The summed E-state index contributed by atoms with van der Waals surface area (Å²) < 4.78 is 5.38. The third-order valence-corrected chi connectivity index (χ3v) is 3.75. The molecule has 7 nitrogen and oxygen atoms in total. The van der Waals surface area contributed by atoms with E-state index >= 15 is 0 Å². The molecule has 0 unspecified atom stereocenters. The molecule has 0 spiro atoms. The smallest absolute Gasteiger partial charge is 0.144 e. The molecule has 0 aliphatic rings. The van der Waals surface area contributed by atoms with Crippen molar-refractivity contribution in [2.45, 2.75) is 13.3 Å². The average molecular weight is 310 g/mol. The van der Waals surface area contributed by atoms with Crippen LogP contribution in [0.5, 0.6) is 5.75 Å². The van der Waals surface area contributed by atoms with E-state index in [9.17, 15) is 0 Å². The summed E-state index contributed by atoms with van der Waals surface area (Å²) in [5.41, 5.74) is 9.61. The first kappa shape index (κ1) is 14.8. The number of aryl methyl sites for hydroxylation is 1. The van der Waals surface area contributed by atoms with Crippen LogP contribution in [-0.4, -0.2) is 28.3 Å². The summed E-state index contributed by atoms with van der Waals surface area (Å²) in [6.07, 6.45) is 5.52. The molecule has 0 radical (unpaired) electrons. The molecule has 7 heteroatoms. The van der Waals surface area contributed by atoms with E-state index in [1.807, 2.05) is 6.20 Å². The maximum atomic E-state index is 7.45. The van der Waals surface area contributed by atoms with Crippen LogP contribution in [-0.2, 0) is 6.42 Å². The van der Waals surface area contributed by atoms with Gasteiger partial charge in [-0.05, 0) is 18.1 Å². The molecule has 0 saturated carbocycles. The predicted octanol–water partition coefficient (Wildman–Crippen LogP) is 2.85. The van der Waals surface area contributed by atoms with Crippen molar-refractivity contribution in [2.75, 3.05) is 18.2 Å². The molecular formula is C16H18N6O. The maximum Gasteiger partial charge on any atom is 0.144 e. The molecule has 2 heterocycles. The summed E-state index contributed by atoms with van der Waals surface area (Å²) in [6.45, 7) is 2.08. The lowest BCUT2D eigenvalue weighted by molar-refractivity contribution is 0.417. The van der Waals surface area contributed by atoms with Crippen LogP contribution < -0.4 is 15.8 Å². The Morgan fingerprint density at radius 2 is 2.22 bits per heavy atom. The minimum absolute atomic E-state index is 0.492. The number of rotatable bonds is 5. The van der Waals surface area contributed by atoms with E-state index in [-0.39, 0.29) is 0 Å². The quantitative estimate of drug-likeness (QED) is 0.427. The van der Waals surface area contributed by atoms with Gasteiger partial charge in [-0.1, -0.05) is 6.92 Å². The minimum atomic E-state index is 0.492. The zero-order chi connectivity index (χ0) is 16.4. The van der Waals surface area contributed by atoms with E-state index in [0.29, 0.717) is 28.5 Å². The number of hydrogen-bond acceptors (Lipinski definition) is 6. The van der Waals surface area contributed by atoms with Gasteiger partial charge in [0, 0.05) is 29.7 Å². The molecule has 0 fully saturated rings. The molecule has 23 heavy (non-hydrogen) atoms. The van der Waals surface area contributed by atoms with Crippen LogP contribution in [0.2, 0.25) is 0 Å². The van der Waals surface area contributed by atoms with E-state index in [0.717, 1.165) is 23.0 Å². The Bertz CT molecular complexity index is 870. The van der Waals surface area contributed by atoms with Crippen LogP contribution >= 0.6 is 0 Å². The SMILES string of the molecule is CCc1c[nH]c2ncnc(Nc3cc(C=N)c(N)cc3OC)c12. The fourth-order valence-corrected chi connectivity index (χ4v) is 2.53. The van der Waals surface area contributed by atoms with Crippen molar-refractivity contribution in [1.29, 1.82) is 5.41 Å². The van der Waals surface area contributed by atoms with Gasteiger partial charge in [0.1, 0.15) is 23.5 Å². The molecule has 118 valence electrons. The molecule has 1 aromatic carbocycles. The van der Waals surface area contributed by atoms with Crippen molar-refractivity contribution in [2.24, 2.45) is 0 Å². The first-order valence-electron chi connectivity index (χ1n) is 7.23. The van der Waals surface area contributed by atoms with Crippen molar-refractivity contribution >= 4 is 34.4 Å². The Labute approximate surface area is 133 Å². The lowest BCUT2D eigenvalue weighted by Crippen LogP contribution is -2.02. The minimum Gasteiger partial charge on any atom is -0.494 e. The van der Waals surface area contributed by atoms with Crippen LogP contribution in [0.3, 0.4) is 0 Å². The van der Waals surface area contributed by atoms with Crippen molar-refractivity contribution < 1.29 is 4.74 Å². The van der Waals surface area contributed by atoms with E-state index in [2.05, 4.69) is 27.2 Å². The Hall–Kier alpha value is -3.09. The van der Waals surface area contributed by atoms with Crippen molar-refractivity contribution in [3.05, 3.63) is 35.8 Å². The van der Waals surface area contributed by atoms with Gasteiger partial charge in [0.05, 0.1) is 18.2 Å². The third-order valence-electron chi connectivity index (χ3n) is 3.75. The number of nitrogens with one attached hydrogen (secondary N) is 3. The topological polar surface area (TPSA) is 113 Å². The highest BCUT2D eigenvalue weighted by Gasteiger charge is 2.13. The van der Waals surface area contributed by atoms with Crippen LogP contribution in [0.4, 0.5) is 17.2 Å². The van der Waals surface area contributed by atoms with Gasteiger partial charge in [-0.2, -0.15) is 0 Å². The van der Waals surface area contributed by atoms with E-state index in [4.69, 9.17) is 15.9 Å². The van der Waals surface area contributed by atoms with Crippen LogP contribution in [0.1, 0.15) is 18.1 Å². The lowest BCUT2D eigenvalue weighted by Gasteiger charge is -2.14. The van der Waals surface area contributed by atoms with Gasteiger partial charge < -0.3 is 26.2 Å². The third kappa shape index (κ3) is 2.57. The highest BCUT2D eigenvalue weighted by Crippen LogP contribution is 2.33. The zero-order valence-electron chi connectivity index (χ0n) is 13.0. The molecule has 0 aliphatic carbocycles. The Balaban J connectivity index is 2.12. The van der Waals surface area contributed by atoms with E-state index in [1.165, 1.54) is 12.5 Å². The molecule has 2 aromatic heterocycles. The fourth-order valence-electron chi connectivity index (χ4n) is 2.53. The molecule has 3 rings (SSSR count). The summed E-state index contributed by atoms with van der Waals surface area (Å²) in [5.74, 6) is 1.28. The number of nitrogen functional groups attached to an aromatic ring is 1. The number of nitrogens with two attached hydrogens (primary N) is 1. The molecular weight excluding hydrogens is 292 g/mol. The van der Waals surface area contributed by atoms with Gasteiger partial charge in [-0.25, -0.2) is 9.97 Å². The molecule has 0 atom stereocenters. The second-order valence-corrected chi connectivity index (χ2v) is 5.06. The van der Waals surface area contributed by atoms with Gasteiger partial charge in [0.25, 0.3) is 0 Å². The molecule has 5 N–H and O–H groups in total. The number of nitrogens with zero attached hydrogens (tertiary/aromatic N) is 2. The molecule has 0 saturated heterocycles. The number of aromatic nitrogens is 3. The molecule has 0 bridgehead atoms. The fraction of sp³-hybridized carbons (Fsp3) is 0.188. The van der Waals surface area contributed by atoms with Gasteiger partial charge in [0.15, 0.2) is 0 Å². The Morgan fingerprint density at radius 1 is 1.39 bits per heavy atom. The largest absolute Gasteiger partial charge is 0.494 e. The van der Waals surface area contributed by atoms with E-state index < -0.39 is 0 Å². The van der Waals surface area contributed by atoms with Gasteiger partial charge in [-0.15, -0.1) is 0 Å². The number of benzene rings is 1. The Kier molecular flexibility index (Phi) is 3.84. The van der Waals surface area contributed by atoms with Gasteiger partial charge in [-0.3, -0.25) is 0 Å². The molecule has 0 aliphatic heterocycles. The number of ether oxygens (including phenoxy) is 1. The number of H-pyrrole nitrogens is 1.